The molecular weight excluding hydrogens is 648 g/mol. The molecule has 13 nitrogen and oxygen atoms in total. The molecule has 0 bridgehead atoms. The monoisotopic (exact) mass is 692 g/mol. The largest absolute Gasteiger partial charge is 0.347 e. The van der Waals surface area contributed by atoms with Crippen LogP contribution in [0.4, 0.5) is 0 Å². The first-order chi connectivity index (χ1) is 23.1. The van der Waals surface area contributed by atoms with Gasteiger partial charge in [0.25, 0.3) is 11.8 Å². The lowest BCUT2D eigenvalue weighted by atomic mass is 9.85. The Morgan fingerprint density at radius 1 is 1.08 bits per heavy atom. The summed E-state index contributed by atoms with van der Waals surface area (Å²) in [6.07, 6.45) is 6.41. The summed E-state index contributed by atoms with van der Waals surface area (Å²) in [5, 5.41) is 8.77. The van der Waals surface area contributed by atoms with Gasteiger partial charge in [-0.2, -0.15) is 0 Å². The molecule has 4 fully saturated rings. The average Bonchev–Trinajstić information content (AvgIpc) is 3.94. The first-order valence-electron chi connectivity index (χ1n) is 16.9. The molecule has 2 heterocycles. The van der Waals surface area contributed by atoms with Crippen LogP contribution in [0, 0.1) is 17.3 Å². The molecule has 1 aromatic carbocycles. The maximum Gasteiger partial charge on any atom is 0.259 e. The minimum absolute atomic E-state index is 0.0191. The zero-order chi connectivity index (χ0) is 35.3. The molecule has 0 radical (unpaired) electrons. The molecule has 1 aromatic heterocycles. The van der Waals surface area contributed by atoms with Crippen molar-refractivity contribution >= 4 is 50.5 Å². The number of fused-ring (bicyclic) bond motifs is 1. The molecule has 14 heteroatoms. The topological polar surface area (TPSA) is 184 Å². The lowest BCUT2D eigenvalue weighted by Crippen LogP contribution is -2.60. The Bertz CT molecular complexity index is 1810. The number of pyridine rings is 1. The number of nitrogens with one attached hydrogen (secondary N) is 4. The Balaban J connectivity index is 1.26. The van der Waals surface area contributed by atoms with Crippen LogP contribution >= 0.6 is 0 Å². The van der Waals surface area contributed by atoms with Crippen LogP contribution in [-0.4, -0.2) is 83.3 Å². The Hall–Kier alpha value is -4.33. The van der Waals surface area contributed by atoms with Gasteiger partial charge in [-0.05, 0) is 62.0 Å². The summed E-state index contributed by atoms with van der Waals surface area (Å²) in [5.74, 6) is -2.90. The number of hydrogen-bond acceptors (Lipinski definition) is 8. The van der Waals surface area contributed by atoms with Crippen molar-refractivity contribution < 1.29 is 32.4 Å². The van der Waals surface area contributed by atoms with E-state index < -0.39 is 73.9 Å². The predicted molar refractivity (Wildman–Crippen MR) is 181 cm³/mol. The number of sulfonamides is 1. The lowest BCUT2D eigenvalue weighted by molar-refractivity contribution is -0.144. The van der Waals surface area contributed by atoms with Gasteiger partial charge >= 0.3 is 0 Å². The summed E-state index contributed by atoms with van der Waals surface area (Å²) in [6, 6.07) is 6.08. The molecule has 4 aliphatic rings. The van der Waals surface area contributed by atoms with E-state index in [1.165, 1.54) is 11.0 Å². The third-order valence-electron chi connectivity index (χ3n) is 9.94. The van der Waals surface area contributed by atoms with E-state index in [-0.39, 0.29) is 25.3 Å². The van der Waals surface area contributed by atoms with Crippen molar-refractivity contribution in [2.45, 2.75) is 94.6 Å². The van der Waals surface area contributed by atoms with Crippen molar-refractivity contribution in [2.75, 3.05) is 6.54 Å². The van der Waals surface area contributed by atoms with E-state index in [4.69, 9.17) is 0 Å². The Morgan fingerprint density at radius 3 is 2.43 bits per heavy atom. The maximum atomic E-state index is 14.4. The highest BCUT2D eigenvalue weighted by Crippen LogP contribution is 2.45. The molecule has 3 saturated carbocycles. The zero-order valence-electron chi connectivity index (χ0n) is 28.0. The standard InChI is InChI=1S/C35H44N6O7S/c1-5-22-18-35(22,33(46)40-49(47,48)24-13-14-24)39-31(44)26-17-23(37-30(43)25-10-6-8-21-9-7-15-36-28(21)25)19-41(26)32(45)29(34(2,3)4)38-27(42)16-20-11-12-20/h5-10,15,20,22-24,26,29H,1,11-14,16-19H2,2-4H3,(H,37,43)(H,38,42)(H,39,44)(H,40,46)/t22?,23-,26+,29-,35?/m1/s1. The first-order valence-corrected chi connectivity index (χ1v) is 18.4. The molecule has 1 saturated heterocycles. The van der Waals surface area contributed by atoms with Crippen molar-refractivity contribution in [3.63, 3.8) is 0 Å². The minimum Gasteiger partial charge on any atom is -0.347 e. The fourth-order valence-electron chi connectivity index (χ4n) is 6.62. The Labute approximate surface area is 286 Å². The number of aromatic nitrogens is 1. The fourth-order valence-corrected chi connectivity index (χ4v) is 7.98. The van der Waals surface area contributed by atoms with E-state index in [0.717, 1.165) is 18.2 Å². The third kappa shape index (κ3) is 7.34. The van der Waals surface area contributed by atoms with E-state index in [2.05, 4.69) is 32.2 Å². The number of para-hydroxylation sites is 1. The van der Waals surface area contributed by atoms with Crippen LogP contribution in [0.25, 0.3) is 10.9 Å². The van der Waals surface area contributed by atoms with Crippen LogP contribution in [0.1, 0.15) is 76.1 Å². The molecule has 2 unspecified atom stereocenters. The van der Waals surface area contributed by atoms with E-state index in [1.807, 2.05) is 32.9 Å². The van der Waals surface area contributed by atoms with Crippen LogP contribution < -0.4 is 20.7 Å². The van der Waals surface area contributed by atoms with Crippen LogP contribution in [0.5, 0.6) is 0 Å². The van der Waals surface area contributed by atoms with Gasteiger partial charge in [0.2, 0.25) is 27.7 Å². The Morgan fingerprint density at radius 2 is 1.80 bits per heavy atom. The minimum atomic E-state index is -3.89. The second-order valence-corrected chi connectivity index (χ2v) is 17.0. The number of rotatable bonds is 12. The summed E-state index contributed by atoms with van der Waals surface area (Å²) in [4.78, 5) is 74.1. The number of carbonyl (C=O) groups excluding carboxylic acids is 5. The van der Waals surface area contributed by atoms with Gasteiger partial charge in [0.15, 0.2) is 0 Å². The van der Waals surface area contributed by atoms with Gasteiger partial charge in [0, 0.05) is 36.5 Å². The van der Waals surface area contributed by atoms with Crippen molar-refractivity contribution in [3.05, 3.63) is 54.7 Å². The summed E-state index contributed by atoms with van der Waals surface area (Å²) in [6.45, 7) is 9.18. The fraction of sp³-hybridized carbons (Fsp3) is 0.543. The Kier molecular flexibility index (Phi) is 9.05. The summed E-state index contributed by atoms with van der Waals surface area (Å²) in [5.41, 5.74) is -1.43. The SMILES string of the molecule is C=CC1CC1(NC(=O)[C@@H]1C[C@@H](NC(=O)c2cccc3cccnc23)CN1C(=O)[C@@H](NC(=O)CC1CC1)C(C)(C)C)C(=O)NS(=O)(=O)C1CC1. The zero-order valence-corrected chi connectivity index (χ0v) is 28.8. The number of amides is 5. The molecule has 6 rings (SSSR count). The van der Waals surface area contributed by atoms with Crippen molar-refractivity contribution in [1.29, 1.82) is 0 Å². The number of carbonyl (C=O) groups is 5. The van der Waals surface area contributed by atoms with Crippen LogP contribution in [0.15, 0.2) is 49.2 Å². The molecule has 1 aliphatic heterocycles. The van der Waals surface area contributed by atoms with Gasteiger partial charge in [0.1, 0.15) is 17.6 Å². The number of benzene rings is 1. The van der Waals surface area contributed by atoms with E-state index >= 15 is 0 Å². The van der Waals surface area contributed by atoms with Crippen LogP contribution in [0.3, 0.4) is 0 Å². The molecule has 5 amide bonds. The highest BCUT2D eigenvalue weighted by atomic mass is 32.2. The molecule has 4 N–H and O–H groups in total. The van der Waals surface area contributed by atoms with Gasteiger partial charge in [-0.15, -0.1) is 6.58 Å². The summed E-state index contributed by atoms with van der Waals surface area (Å²) >= 11 is 0. The molecule has 2 aromatic rings. The molecule has 49 heavy (non-hydrogen) atoms. The van der Waals surface area contributed by atoms with Gasteiger partial charge < -0.3 is 20.9 Å². The third-order valence-corrected chi connectivity index (χ3v) is 11.8. The molecular formula is C35H44N6O7S. The van der Waals surface area contributed by atoms with Crippen LogP contribution in [0.2, 0.25) is 0 Å². The van der Waals surface area contributed by atoms with Crippen molar-refractivity contribution in [2.24, 2.45) is 17.3 Å². The van der Waals surface area contributed by atoms with Crippen molar-refractivity contribution in [1.82, 2.24) is 30.6 Å². The van der Waals surface area contributed by atoms with E-state index in [0.29, 0.717) is 36.3 Å². The lowest BCUT2D eigenvalue weighted by Gasteiger charge is -2.35. The second kappa shape index (κ2) is 12.8. The van der Waals surface area contributed by atoms with Gasteiger partial charge in [-0.1, -0.05) is 45.0 Å². The maximum absolute atomic E-state index is 14.4. The van der Waals surface area contributed by atoms with Crippen molar-refractivity contribution in [3.8, 4) is 0 Å². The smallest absolute Gasteiger partial charge is 0.259 e. The van der Waals surface area contributed by atoms with E-state index in [9.17, 15) is 32.4 Å². The quantitative estimate of drug-likeness (QED) is 0.243. The summed E-state index contributed by atoms with van der Waals surface area (Å²) < 4.78 is 27.4. The second-order valence-electron chi connectivity index (χ2n) is 15.0. The van der Waals surface area contributed by atoms with Gasteiger partial charge in [0.05, 0.1) is 16.3 Å². The van der Waals surface area contributed by atoms with E-state index in [1.54, 1.807) is 24.4 Å². The number of likely N-dealkylation sites (tertiary alicyclic amines) is 1. The number of hydrogen-bond donors (Lipinski definition) is 4. The number of nitrogens with zero attached hydrogens (tertiary/aromatic N) is 2. The molecule has 3 aliphatic carbocycles. The normalized spacial score (nSPS) is 25.6. The highest BCUT2D eigenvalue weighted by Gasteiger charge is 2.62. The molecule has 0 spiro atoms. The molecule has 5 atom stereocenters. The van der Waals surface area contributed by atoms with Gasteiger partial charge in [-0.3, -0.25) is 33.7 Å². The first kappa shape index (κ1) is 34.5. The molecule has 262 valence electrons. The van der Waals surface area contributed by atoms with Gasteiger partial charge in [-0.25, -0.2) is 8.42 Å². The predicted octanol–water partition coefficient (Wildman–Crippen LogP) is 1.93. The highest BCUT2D eigenvalue weighted by molar-refractivity contribution is 7.91. The van der Waals surface area contributed by atoms with Crippen LogP contribution in [-0.2, 0) is 29.2 Å². The summed E-state index contributed by atoms with van der Waals surface area (Å²) in [7, 11) is -3.89. The average molecular weight is 693 g/mol.